The topological polar surface area (TPSA) is 37.3 Å². The van der Waals surface area contributed by atoms with Crippen LogP contribution in [0.3, 0.4) is 0 Å². The van der Waals surface area contributed by atoms with Gasteiger partial charge < -0.3 is 9.57 Å². The Morgan fingerprint density at radius 2 is 1.77 bits per heavy atom. The molecular formula is C25H33N3O2. The minimum atomic E-state index is -0.548. The van der Waals surface area contributed by atoms with Crippen molar-refractivity contribution in [1.82, 2.24) is 10.0 Å². The molecule has 2 atom stereocenters. The SMILES string of the molecule is COC(C)(C)[C@@H]1CCCN1N1C(c2ccccc2)=NO[C@@]1(C)CCc1ccccc1. The molecule has 30 heavy (non-hydrogen) atoms. The van der Waals surface area contributed by atoms with Crippen LogP contribution in [-0.4, -0.2) is 46.9 Å². The number of aryl methyl sites for hydroxylation is 1. The summed E-state index contributed by atoms with van der Waals surface area (Å²) in [6.07, 6.45) is 3.99. The summed E-state index contributed by atoms with van der Waals surface area (Å²) in [5, 5.41) is 9.35. The van der Waals surface area contributed by atoms with Gasteiger partial charge in [-0.25, -0.2) is 10.0 Å². The van der Waals surface area contributed by atoms with Crippen LogP contribution < -0.4 is 0 Å². The highest BCUT2D eigenvalue weighted by atomic mass is 16.7. The Morgan fingerprint density at radius 3 is 2.43 bits per heavy atom. The zero-order valence-corrected chi connectivity index (χ0v) is 18.5. The molecule has 2 aromatic rings. The molecule has 5 nitrogen and oxygen atoms in total. The van der Waals surface area contributed by atoms with E-state index in [1.54, 1.807) is 7.11 Å². The standard InChI is InChI=1S/C25H33N3O2/c1-24(2,29-4)22-16-11-19-27(22)28-23(21-14-9-6-10-15-21)26-30-25(28,3)18-17-20-12-7-5-8-13-20/h5-10,12-15,22H,11,16-19H2,1-4H3/t22-,25-/m0/s1. The zero-order chi connectivity index (χ0) is 21.2. The van der Waals surface area contributed by atoms with Crippen molar-refractivity contribution in [3.63, 3.8) is 0 Å². The van der Waals surface area contributed by atoms with E-state index in [1.165, 1.54) is 5.56 Å². The first-order valence-corrected chi connectivity index (χ1v) is 10.9. The molecule has 160 valence electrons. The van der Waals surface area contributed by atoms with Crippen molar-refractivity contribution in [3.05, 3.63) is 71.8 Å². The Balaban J connectivity index is 1.66. The lowest BCUT2D eigenvalue weighted by molar-refractivity contribution is -0.192. The van der Waals surface area contributed by atoms with E-state index < -0.39 is 5.72 Å². The lowest BCUT2D eigenvalue weighted by Gasteiger charge is -2.46. The fourth-order valence-electron chi connectivity index (χ4n) is 4.60. The van der Waals surface area contributed by atoms with Crippen LogP contribution in [0.1, 0.15) is 51.2 Å². The van der Waals surface area contributed by atoms with Crippen molar-refractivity contribution in [3.8, 4) is 0 Å². The second-order valence-electron chi connectivity index (χ2n) is 8.97. The number of benzene rings is 2. The van der Waals surface area contributed by atoms with Crippen molar-refractivity contribution < 1.29 is 9.57 Å². The Kier molecular flexibility index (Phi) is 5.85. The molecule has 2 aromatic carbocycles. The molecule has 0 aromatic heterocycles. The number of hydrazine groups is 1. The van der Waals surface area contributed by atoms with E-state index >= 15 is 0 Å². The van der Waals surface area contributed by atoms with Crippen molar-refractivity contribution in [2.45, 2.75) is 63.8 Å². The van der Waals surface area contributed by atoms with Gasteiger partial charge in [-0.15, -0.1) is 0 Å². The van der Waals surface area contributed by atoms with Gasteiger partial charge in [0.1, 0.15) is 0 Å². The summed E-state index contributed by atoms with van der Waals surface area (Å²) in [5.74, 6) is 0.880. The van der Waals surface area contributed by atoms with Crippen LogP contribution in [0.2, 0.25) is 0 Å². The Labute approximate surface area is 180 Å². The number of rotatable bonds is 7. The molecule has 1 saturated heterocycles. The highest BCUT2D eigenvalue weighted by molar-refractivity contribution is 5.99. The average Bonchev–Trinajstić information content (AvgIpc) is 3.39. The van der Waals surface area contributed by atoms with Crippen LogP contribution in [0.4, 0.5) is 0 Å². The maximum absolute atomic E-state index is 6.18. The minimum absolute atomic E-state index is 0.258. The highest BCUT2D eigenvalue weighted by Crippen LogP contribution is 2.39. The molecule has 0 unspecified atom stereocenters. The van der Waals surface area contributed by atoms with E-state index in [9.17, 15) is 0 Å². The van der Waals surface area contributed by atoms with E-state index in [0.717, 1.165) is 43.6 Å². The monoisotopic (exact) mass is 407 g/mol. The summed E-state index contributed by atoms with van der Waals surface area (Å²) in [5.41, 5.74) is 1.57. The first kappa shape index (κ1) is 20.9. The van der Waals surface area contributed by atoms with Gasteiger partial charge in [0, 0.05) is 25.6 Å². The molecule has 0 aliphatic carbocycles. The molecule has 5 heteroatoms. The fourth-order valence-corrected chi connectivity index (χ4v) is 4.60. The fraction of sp³-hybridized carbons (Fsp3) is 0.480. The first-order valence-electron chi connectivity index (χ1n) is 10.9. The lowest BCUT2D eigenvalue weighted by Crippen LogP contribution is -2.61. The molecule has 0 bridgehead atoms. The van der Waals surface area contributed by atoms with Gasteiger partial charge in [-0.1, -0.05) is 65.8 Å². The van der Waals surface area contributed by atoms with Gasteiger partial charge in [0.15, 0.2) is 5.84 Å². The molecular weight excluding hydrogens is 374 g/mol. The van der Waals surface area contributed by atoms with Crippen LogP contribution in [0.5, 0.6) is 0 Å². The van der Waals surface area contributed by atoms with Gasteiger partial charge in [0.2, 0.25) is 5.72 Å². The molecule has 2 heterocycles. The van der Waals surface area contributed by atoms with Gasteiger partial charge in [0.05, 0.1) is 11.6 Å². The van der Waals surface area contributed by atoms with Gasteiger partial charge in [-0.05, 0) is 45.6 Å². The van der Waals surface area contributed by atoms with Crippen LogP contribution >= 0.6 is 0 Å². The molecule has 2 aliphatic heterocycles. The number of oxime groups is 1. The van der Waals surface area contributed by atoms with Crippen LogP contribution in [-0.2, 0) is 16.0 Å². The third-order valence-corrected chi connectivity index (χ3v) is 6.54. The number of hydrogen-bond acceptors (Lipinski definition) is 5. The maximum atomic E-state index is 6.18. The normalized spacial score (nSPS) is 24.7. The lowest BCUT2D eigenvalue weighted by atomic mass is 9.96. The first-order chi connectivity index (χ1) is 14.4. The average molecular weight is 408 g/mol. The van der Waals surface area contributed by atoms with Gasteiger partial charge >= 0.3 is 0 Å². The van der Waals surface area contributed by atoms with Gasteiger partial charge in [-0.2, -0.15) is 0 Å². The third kappa shape index (κ3) is 3.96. The number of amidine groups is 1. The Morgan fingerprint density at radius 1 is 1.10 bits per heavy atom. The van der Waals surface area contributed by atoms with Crippen molar-refractivity contribution in [1.29, 1.82) is 0 Å². The van der Waals surface area contributed by atoms with E-state index in [-0.39, 0.29) is 11.6 Å². The summed E-state index contributed by atoms with van der Waals surface area (Å²) in [6.45, 7) is 7.47. The molecule has 4 rings (SSSR count). The maximum Gasteiger partial charge on any atom is 0.222 e. The second-order valence-corrected chi connectivity index (χ2v) is 8.97. The number of hydrogen-bond donors (Lipinski definition) is 0. The summed E-state index contributed by atoms with van der Waals surface area (Å²) < 4.78 is 5.90. The predicted molar refractivity (Wildman–Crippen MR) is 120 cm³/mol. The number of ether oxygens (including phenoxy) is 1. The summed E-state index contributed by atoms with van der Waals surface area (Å²) in [4.78, 5) is 6.18. The molecule has 1 fully saturated rings. The third-order valence-electron chi connectivity index (χ3n) is 6.54. The minimum Gasteiger partial charge on any atom is -0.377 e. The zero-order valence-electron chi connectivity index (χ0n) is 18.5. The molecule has 0 saturated carbocycles. The Bertz CT molecular complexity index is 868. The predicted octanol–water partition coefficient (Wildman–Crippen LogP) is 4.83. The molecule has 0 radical (unpaired) electrons. The smallest absolute Gasteiger partial charge is 0.222 e. The van der Waals surface area contributed by atoms with Crippen LogP contribution in [0, 0.1) is 0 Å². The number of nitrogens with zero attached hydrogens (tertiary/aromatic N) is 3. The van der Waals surface area contributed by atoms with Crippen molar-refractivity contribution >= 4 is 5.84 Å². The number of methoxy groups -OCH3 is 1. The molecule has 0 spiro atoms. The summed E-state index contributed by atoms with van der Waals surface area (Å²) in [7, 11) is 1.80. The van der Waals surface area contributed by atoms with E-state index in [1.807, 2.05) is 6.07 Å². The molecule has 0 amide bonds. The quantitative estimate of drug-likeness (QED) is 0.659. The van der Waals surface area contributed by atoms with Crippen LogP contribution in [0.15, 0.2) is 65.8 Å². The molecule has 0 N–H and O–H groups in total. The van der Waals surface area contributed by atoms with Gasteiger partial charge in [-0.3, -0.25) is 0 Å². The molecule has 2 aliphatic rings. The van der Waals surface area contributed by atoms with E-state index in [2.05, 4.69) is 90.5 Å². The van der Waals surface area contributed by atoms with Gasteiger partial charge in [0.25, 0.3) is 0 Å². The largest absolute Gasteiger partial charge is 0.377 e. The van der Waals surface area contributed by atoms with Crippen molar-refractivity contribution in [2.75, 3.05) is 13.7 Å². The van der Waals surface area contributed by atoms with E-state index in [0.29, 0.717) is 0 Å². The highest BCUT2D eigenvalue weighted by Gasteiger charge is 2.51. The van der Waals surface area contributed by atoms with Crippen molar-refractivity contribution in [2.24, 2.45) is 5.16 Å². The van der Waals surface area contributed by atoms with E-state index in [4.69, 9.17) is 9.57 Å². The second kappa shape index (κ2) is 8.40. The summed E-state index contributed by atoms with van der Waals surface area (Å²) >= 11 is 0. The Hall–Kier alpha value is -2.37. The van der Waals surface area contributed by atoms with Crippen LogP contribution in [0.25, 0.3) is 0 Å². The summed E-state index contributed by atoms with van der Waals surface area (Å²) in [6, 6.07) is 21.2.